The van der Waals surface area contributed by atoms with E-state index in [-0.39, 0.29) is 30.7 Å². The van der Waals surface area contributed by atoms with Crippen molar-refractivity contribution in [1.82, 2.24) is 24.9 Å². The Kier molecular flexibility index (Phi) is 4.50. The molecular formula is C21H25N5O3. The van der Waals surface area contributed by atoms with Crippen LogP contribution in [0.5, 0.6) is 0 Å². The van der Waals surface area contributed by atoms with E-state index in [0.29, 0.717) is 19.0 Å². The molecule has 1 N–H and O–H groups in total. The third-order valence-electron chi connectivity index (χ3n) is 6.14. The van der Waals surface area contributed by atoms with Crippen LogP contribution in [0.2, 0.25) is 0 Å². The number of carbonyl (C=O) groups is 2. The molecule has 2 atom stereocenters. The number of amides is 3. The second-order valence-electron chi connectivity index (χ2n) is 8.14. The van der Waals surface area contributed by atoms with Crippen molar-refractivity contribution < 1.29 is 14.3 Å². The molecule has 3 aliphatic rings. The van der Waals surface area contributed by atoms with E-state index in [1.165, 1.54) is 5.56 Å². The van der Waals surface area contributed by atoms with Crippen molar-refractivity contribution in [2.45, 2.75) is 24.5 Å². The van der Waals surface area contributed by atoms with E-state index in [1.54, 1.807) is 4.68 Å². The summed E-state index contributed by atoms with van der Waals surface area (Å²) < 4.78 is 7.37. The van der Waals surface area contributed by atoms with Crippen molar-refractivity contribution in [3.8, 4) is 11.3 Å². The third-order valence-corrected chi connectivity index (χ3v) is 6.14. The summed E-state index contributed by atoms with van der Waals surface area (Å²) in [5.41, 5.74) is 3.31. The van der Waals surface area contributed by atoms with Gasteiger partial charge in [0.2, 0.25) is 5.91 Å². The Morgan fingerprint density at radius 2 is 1.93 bits per heavy atom. The van der Waals surface area contributed by atoms with E-state index in [4.69, 9.17) is 4.74 Å². The summed E-state index contributed by atoms with van der Waals surface area (Å²) in [4.78, 5) is 28.1. The minimum atomic E-state index is -0.0984. The van der Waals surface area contributed by atoms with Crippen molar-refractivity contribution in [3.63, 3.8) is 0 Å². The number of likely N-dealkylation sites (tertiary alicyclic amines) is 2. The number of benzene rings is 1. The van der Waals surface area contributed by atoms with Crippen molar-refractivity contribution in [3.05, 3.63) is 42.1 Å². The van der Waals surface area contributed by atoms with Gasteiger partial charge in [-0.25, -0.2) is 4.79 Å². The van der Waals surface area contributed by atoms with Crippen molar-refractivity contribution in [2.75, 3.05) is 32.8 Å². The Morgan fingerprint density at radius 1 is 1.14 bits per heavy atom. The number of nitrogens with one attached hydrogen (secondary N) is 1. The molecule has 3 saturated heterocycles. The second-order valence-corrected chi connectivity index (χ2v) is 8.14. The van der Waals surface area contributed by atoms with Crippen LogP contribution in [0, 0.1) is 0 Å². The number of piperidine rings is 1. The Balaban J connectivity index is 1.16. The van der Waals surface area contributed by atoms with Gasteiger partial charge in [-0.2, -0.15) is 5.10 Å². The number of aromatic nitrogens is 2. The molecule has 0 unspecified atom stereocenters. The fraction of sp³-hybridized carbons (Fsp3) is 0.476. The van der Waals surface area contributed by atoms with Crippen molar-refractivity contribution in [1.29, 1.82) is 0 Å². The van der Waals surface area contributed by atoms with E-state index in [9.17, 15) is 9.59 Å². The zero-order valence-corrected chi connectivity index (χ0v) is 16.5. The SMILES string of the molecule is Cn1ccc(-c2ccc(C3CN(C(=O)N4CC[C@@H]5OCC(=O)N[C@@H]5C4)C3)cc2)n1. The second kappa shape index (κ2) is 7.18. The molecular weight excluding hydrogens is 370 g/mol. The van der Waals surface area contributed by atoms with Gasteiger partial charge in [0.15, 0.2) is 0 Å². The van der Waals surface area contributed by atoms with Gasteiger partial charge in [-0.3, -0.25) is 9.48 Å². The highest BCUT2D eigenvalue weighted by Gasteiger charge is 2.40. The quantitative estimate of drug-likeness (QED) is 0.829. The highest BCUT2D eigenvalue weighted by atomic mass is 16.5. The lowest BCUT2D eigenvalue weighted by Gasteiger charge is -2.46. The van der Waals surface area contributed by atoms with Gasteiger partial charge in [-0.1, -0.05) is 24.3 Å². The maximum atomic E-state index is 12.8. The molecule has 3 fully saturated rings. The molecule has 0 saturated carbocycles. The summed E-state index contributed by atoms with van der Waals surface area (Å²) >= 11 is 0. The molecule has 8 nitrogen and oxygen atoms in total. The maximum absolute atomic E-state index is 12.8. The smallest absolute Gasteiger partial charge is 0.320 e. The standard InChI is InChI=1S/C21H25N5O3/c1-24-8-6-17(23-24)15-4-2-14(3-5-15)16-10-26(11-16)21(28)25-9-7-19-18(12-25)22-20(27)13-29-19/h2-6,8,16,18-19H,7,9-13H2,1H3,(H,22,27)/t18-,19+/m1/s1. The molecule has 29 heavy (non-hydrogen) atoms. The molecule has 0 spiro atoms. The minimum Gasteiger partial charge on any atom is -0.366 e. The lowest BCUT2D eigenvalue weighted by atomic mass is 9.90. The summed E-state index contributed by atoms with van der Waals surface area (Å²) in [5, 5.41) is 7.38. The monoisotopic (exact) mass is 395 g/mol. The summed E-state index contributed by atoms with van der Waals surface area (Å²) in [6, 6.07) is 10.4. The topological polar surface area (TPSA) is 79.7 Å². The number of hydrogen-bond acceptors (Lipinski definition) is 4. The van der Waals surface area contributed by atoms with Crippen LogP contribution < -0.4 is 5.32 Å². The summed E-state index contributed by atoms with van der Waals surface area (Å²) in [6.45, 7) is 2.79. The first-order valence-electron chi connectivity index (χ1n) is 10.1. The first kappa shape index (κ1) is 18.2. The number of hydrogen-bond donors (Lipinski definition) is 1. The normalized spacial score (nSPS) is 24.7. The molecule has 1 aromatic heterocycles. The molecule has 0 bridgehead atoms. The predicted molar refractivity (Wildman–Crippen MR) is 106 cm³/mol. The van der Waals surface area contributed by atoms with Gasteiger partial charge in [-0.15, -0.1) is 0 Å². The number of morpholine rings is 1. The van der Waals surface area contributed by atoms with Crippen LogP contribution in [0.4, 0.5) is 4.79 Å². The van der Waals surface area contributed by atoms with Crippen LogP contribution in [0.1, 0.15) is 17.9 Å². The Morgan fingerprint density at radius 3 is 2.66 bits per heavy atom. The molecule has 1 aromatic carbocycles. The van der Waals surface area contributed by atoms with Gasteiger partial charge in [-0.05, 0) is 18.1 Å². The predicted octanol–water partition coefficient (Wildman–Crippen LogP) is 1.20. The maximum Gasteiger partial charge on any atom is 0.320 e. The summed E-state index contributed by atoms with van der Waals surface area (Å²) in [5.74, 6) is 0.269. The zero-order chi connectivity index (χ0) is 20.0. The van der Waals surface area contributed by atoms with Gasteiger partial charge in [0, 0.05) is 50.9 Å². The van der Waals surface area contributed by atoms with Crippen LogP contribution in [0.25, 0.3) is 11.3 Å². The minimum absolute atomic E-state index is 0.0264. The summed E-state index contributed by atoms with van der Waals surface area (Å²) in [7, 11) is 1.91. The van der Waals surface area contributed by atoms with Crippen LogP contribution in [0.15, 0.2) is 36.5 Å². The molecule has 8 heteroatoms. The van der Waals surface area contributed by atoms with Crippen LogP contribution in [-0.2, 0) is 16.6 Å². The van der Waals surface area contributed by atoms with Crippen LogP contribution in [-0.4, -0.2) is 76.5 Å². The van der Waals surface area contributed by atoms with E-state index in [2.05, 4.69) is 34.7 Å². The largest absolute Gasteiger partial charge is 0.366 e. The van der Waals surface area contributed by atoms with Crippen molar-refractivity contribution in [2.24, 2.45) is 7.05 Å². The van der Waals surface area contributed by atoms with Crippen molar-refractivity contribution >= 4 is 11.9 Å². The van der Waals surface area contributed by atoms with Gasteiger partial charge < -0.3 is 19.9 Å². The Labute approximate surface area is 169 Å². The van der Waals surface area contributed by atoms with E-state index >= 15 is 0 Å². The number of rotatable bonds is 2. The molecule has 5 rings (SSSR count). The lowest BCUT2D eigenvalue weighted by molar-refractivity contribution is -0.139. The number of urea groups is 1. The first-order chi connectivity index (χ1) is 14.1. The van der Waals surface area contributed by atoms with E-state index in [0.717, 1.165) is 30.8 Å². The number of carbonyl (C=O) groups excluding carboxylic acids is 2. The van der Waals surface area contributed by atoms with Crippen LogP contribution in [0.3, 0.4) is 0 Å². The van der Waals surface area contributed by atoms with Gasteiger partial charge in [0.25, 0.3) is 0 Å². The third kappa shape index (κ3) is 3.48. The number of ether oxygens (including phenoxy) is 1. The molecule has 152 valence electrons. The van der Waals surface area contributed by atoms with E-state index in [1.807, 2.05) is 29.1 Å². The van der Waals surface area contributed by atoms with Gasteiger partial charge in [0.1, 0.15) is 6.61 Å². The fourth-order valence-corrected chi connectivity index (χ4v) is 4.41. The highest BCUT2D eigenvalue weighted by Crippen LogP contribution is 2.30. The highest BCUT2D eigenvalue weighted by molar-refractivity contribution is 5.79. The number of nitrogens with zero attached hydrogens (tertiary/aromatic N) is 4. The van der Waals surface area contributed by atoms with E-state index < -0.39 is 0 Å². The molecule has 3 amide bonds. The molecule has 2 aromatic rings. The molecule has 3 aliphatic heterocycles. The van der Waals surface area contributed by atoms with Crippen LogP contribution >= 0.6 is 0 Å². The summed E-state index contributed by atoms with van der Waals surface area (Å²) in [6.07, 6.45) is 2.73. The number of aryl methyl sites for hydroxylation is 1. The molecule has 4 heterocycles. The molecule has 0 radical (unpaired) electrons. The average Bonchev–Trinajstić information content (AvgIpc) is 3.13. The number of fused-ring (bicyclic) bond motifs is 1. The first-order valence-corrected chi connectivity index (χ1v) is 10.1. The Bertz CT molecular complexity index is 919. The average molecular weight is 395 g/mol. The Hall–Kier alpha value is -2.87. The molecule has 0 aliphatic carbocycles. The van der Waals surface area contributed by atoms with Gasteiger partial charge >= 0.3 is 6.03 Å². The lowest BCUT2D eigenvalue weighted by Crippen LogP contribution is -2.63. The van der Waals surface area contributed by atoms with Gasteiger partial charge in [0.05, 0.1) is 17.8 Å². The fourth-order valence-electron chi connectivity index (χ4n) is 4.41. The zero-order valence-electron chi connectivity index (χ0n) is 16.5.